The summed E-state index contributed by atoms with van der Waals surface area (Å²) < 4.78 is 12.7. The number of carbonyl (C=O) groups excluding carboxylic acids is 2. The summed E-state index contributed by atoms with van der Waals surface area (Å²) in [7, 11) is 0. The summed E-state index contributed by atoms with van der Waals surface area (Å²) in [4.78, 5) is 30.5. The summed E-state index contributed by atoms with van der Waals surface area (Å²) in [6, 6.07) is 0. The van der Waals surface area contributed by atoms with Crippen molar-refractivity contribution in [3.8, 4) is 0 Å². The lowest BCUT2D eigenvalue weighted by molar-refractivity contribution is 0.140. The molecule has 0 saturated carbocycles. The highest BCUT2D eigenvalue weighted by molar-refractivity contribution is 5.70. The monoisotopic (exact) mass is 306 g/mol. The minimum Gasteiger partial charge on any atom is -0.449 e. The Kier molecular flexibility index (Phi) is 6.16. The lowest BCUT2D eigenvalue weighted by atomic mass is 10.2. The van der Waals surface area contributed by atoms with Crippen molar-refractivity contribution >= 4 is 12.2 Å². The Balaban J connectivity index is 1.45. The number of ether oxygens (including phenoxy) is 2. The maximum Gasteiger partial charge on any atom is 0.419 e. The van der Waals surface area contributed by atoms with Crippen molar-refractivity contribution in [3.63, 3.8) is 0 Å². The van der Waals surface area contributed by atoms with Crippen LogP contribution < -0.4 is 0 Å². The third kappa shape index (κ3) is 5.04. The number of rotatable bonds is 7. The predicted molar refractivity (Wildman–Crippen MR) is 76.4 cm³/mol. The third-order valence-electron chi connectivity index (χ3n) is 2.92. The van der Waals surface area contributed by atoms with Gasteiger partial charge >= 0.3 is 12.2 Å². The first kappa shape index (κ1) is 15.7. The van der Waals surface area contributed by atoms with Gasteiger partial charge in [-0.05, 0) is 25.7 Å². The molecule has 0 aliphatic heterocycles. The first-order valence-corrected chi connectivity index (χ1v) is 7.07. The van der Waals surface area contributed by atoms with E-state index in [1.54, 1.807) is 0 Å². The van der Waals surface area contributed by atoms with Gasteiger partial charge in [0.1, 0.15) is 12.7 Å². The zero-order chi connectivity index (χ0) is 15.6. The van der Waals surface area contributed by atoms with Crippen LogP contribution in [0.3, 0.4) is 0 Å². The van der Waals surface area contributed by atoms with Crippen LogP contribution in [-0.4, -0.2) is 44.5 Å². The molecule has 8 nitrogen and oxygen atoms in total. The molecule has 0 N–H and O–H groups in total. The molecule has 22 heavy (non-hydrogen) atoms. The molecule has 118 valence electrons. The molecular weight excluding hydrogens is 288 g/mol. The van der Waals surface area contributed by atoms with E-state index in [1.165, 1.54) is 46.6 Å². The fourth-order valence-corrected chi connectivity index (χ4v) is 1.76. The van der Waals surface area contributed by atoms with E-state index in [2.05, 4.69) is 9.97 Å². The number of hydrogen-bond acceptors (Lipinski definition) is 6. The first-order valence-electron chi connectivity index (χ1n) is 7.07. The minimum atomic E-state index is -0.424. The van der Waals surface area contributed by atoms with Crippen LogP contribution in [0.15, 0.2) is 37.4 Å². The Morgan fingerprint density at radius 2 is 1.23 bits per heavy atom. The van der Waals surface area contributed by atoms with Crippen LogP contribution in [0.2, 0.25) is 0 Å². The topological polar surface area (TPSA) is 88.2 Å². The van der Waals surface area contributed by atoms with Crippen LogP contribution >= 0.6 is 0 Å². The average Bonchev–Trinajstić information content (AvgIpc) is 3.22. The van der Waals surface area contributed by atoms with Crippen molar-refractivity contribution in [1.82, 2.24) is 19.1 Å². The van der Waals surface area contributed by atoms with Gasteiger partial charge in [0.2, 0.25) is 0 Å². The van der Waals surface area contributed by atoms with Gasteiger partial charge in [0.25, 0.3) is 0 Å². The Labute approximate surface area is 127 Å². The van der Waals surface area contributed by atoms with E-state index < -0.39 is 12.2 Å². The quantitative estimate of drug-likeness (QED) is 0.729. The molecule has 0 spiro atoms. The number of aromatic nitrogens is 4. The maximum atomic E-state index is 11.5. The van der Waals surface area contributed by atoms with E-state index in [0.717, 1.165) is 25.7 Å². The molecule has 0 aliphatic carbocycles. The summed E-state index contributed by atoms with van der Waals surface area (Å²) in [5, 5.41) is 0. The van der Waals surface area contributed by atoms with Crippen molar-refractivity contribution in [2.75, 3.05) is 13.2 Å². The van der Waals surface area contributed by atoms with Crippen molar-refractivity contribution in [3.05, 3.63) is 37.4 Å². The SMILES string of the molecule is O=C(OCCCCCCOC(=O)n1ccnc1)n1ccnc1. The molecule has 0 fully saturated rings. The molecule has 0 saturated heterocycles. The summed E-state index contributed by atoms with van der Waals surface area (Å²) in [6.45, 7) is 0.734. The summed E-state index contributed by atoms with van der Waals surface area (Å²) >= 11 is 0. The van der Waals surface area contributed by atoms with Gasteiger partial charge in [-0.1, -0.05) is 0 Å². The molecular formula is C14H18N4O4. The molecule has 0 atom stereocenters. The fourth-order valence-electron chi connectivity index (χ4n) is 1.76. The molecule has 0 amide bonds. The highest BCUT2D eigenvalue weighted by atomic mass is 16.6. The average molecular weight is 306 g/mol. The van der Waals surface area contributed by atoms with E-state index in [9.17, 15) is 9.59 Å². The van der Waals surface area contributed by atoms with Gasteiger partial charge in [0.15, 0.2) is 0 Å². The van der Waals surface area contributed by atoms with Gasteiger partial charge in [0, 0.05) is 24.8 Å². The van der Waals surface area contributed by atoms with Crippen molar-refractivity contribution < 1.29 is 19.1 Å². The van der Waals surface area contributed by atoms with Crippen molar-refractivity contribution in [1.29, 1.82) is 0 Å². The molecule has 0 unspecified atom stereocenters. The van der Waals surface area contributed by atoms with E-state index in [1.807, 2.05) is 0 Å². The van der Waals surface area contributed by atoms with Gasteiger partial charge in [-0.3, -0.25) is 0 Å². The lowest BCUT2D eigenvalue weighted by Gasteiger charge is -2.06. The van der Waals surface area contributed by atoms with E-state index in [4.69, 9.17) is 9.47 Å². The number of nitrogens with zero attached hydrogens (tertiary/aromatic N) is 4. The Morgan fingerprint density at radius 1 is 0.773 bits per heavy atom. The largest absolute Gasteiger partial charge is 0.449 e. The number of hydrogen-bond donors (Lipinski definition) is 0. The van der Waals surface area contributed by atoms with Crippen LogP contribution in [0, 0.1) is 0 Å². The molecule has 2 aromatic heterocycles. The fraction of sp³-hybridized carbons (Fsp3) is 0.429. The van der Waals surface area contributed by atoms with E-state index >= 15 is 0 Å². The highest BCUT2D eigenvalue weighted by Gasteiger charge is 2.05. The Hall–Kier alpha value is -2.64. The second-order valence-electron chi connectivity index (χ2n) is 4.58. The molecule has 2 aromatic rings. The molecule has 0 bridgehead atoms. The molecule has 8 heteroatoms. The number of unbranched alkanes of at least 4 members (excludes halogenated alkanes) is 3. The molecule has 2 rings (SSSR count). The van der Waals surface area contributed by atoms with Crippen molar-refractivity contribution in [2.24, 2.45) is 0 Å². The van der Waals surface area contributed by atoms with Crippen LogP contribution in [0.1, 0.15) is 25.7 Å². The van der Waals surface area contributed by atoms with Gasteiger partial charge in [-0.2, -0.15) is 0 Å². The first-order chi connectivity index (χ1) is 10.8. The maximum absolute atomic E-state index is 11.5. The predicted octanol–water partition coefficient (Wildman–Crippen LogP) is 2.31. The van der Waals surface area contributed by atoms with Gasteiger partial charge in [-0.25, -0.2) is 28.7 Å². The van der Waals surface area contributed by atoms with Crippen molar-refractivity contribution in [2.45, 2.75) is 25.7 Å². The van der Waals surface area contributed by atoms with Crippen LogP contribution in [0.5, 0.6) is 0 Å². The lowest BCUT2D eigenvalue weighted by Crippen LogP contribution is -2.13. The Morgan fingerprint density at radius 3 is 1.59 bits per heavy atom. The van der Waals surface area contributed by atoms with Gasteiger partial charge in [-0.15, -0.1) is 0 Å². The van der Waals surface area contributed by atoms with Gasteiger partial charge in [0.05, 0.1) is 13.2 Å². The number of carbonyl (C=O) groups is 2. The highest BCUT2D eigenvalue weighted by Crippen LogP contribution is 2.02. The summed E-state index contributed by atoms with van der Waals surface area (Å²) in [6.07, 6.45) is 11.4. The minimum absolute atomic E-state index is 0.367. The smallest absolute Gasteiger partial charge is 0.419 e. The second-order valence-corrected chi connectivity index (χ2v) is 4.58. The molecule has 0 aromatic carbocycles. The van der Waals surface area contributed by atoms with E-state index in [0.29, 0.717) is 13.2 Å². The molecule has 0 radical (unpaired) electrons. The van der Waals surface area contributed by atoms with Crippen LogP contribution in [-0.2, 0) is 9.47 Å². The molecule has 0 aliphatic rings. The zero-order valence-electron chi connectivity index (χ0n) is 12.1. The normalized spacial score (nSPS) is 10.4. The third-order valence-corrected chi connectivity index (χ3v) is 2.92. The van der Waals surface area contributed by atoms with E-state index in [-0.39, 0.29) is 0 Å². The number of imidazole rings is 2. The van der Waals surface area contributed by atoms with Crippen LogP contribution in [0.4, 0.5) is 9.59 Å². The second kappa shape index (κ2) is 8.60. The Bertz CT molecular complexity index is 513. The van der Waals surface area contributed by atoms with Gasteiger partial charge < -0.3 is 9.47 Å². The summed E-state index contributed by atoms with van der Waals surface area (Å²) in [5.74, 6) is 0. The van der Waals surface area contributed by atoms with Crippen LogP contribution in [0.25, 0.3) is 0 Å². The zero-order valence-corrected chi connectivity index (χ0v) is 12.1. The summed E-state index contributed by atoms with van der Waals surface area (Å²) in [5.41, 5.74) is 0. The standard InChI is InChI=1S/C14H18N4O4/c19-13(17-7-5-15-11-17)21-9-3-1-2-4-10-22-14(20)18-8-6-16-12-18/h5-8,11-12H,1-4,9-10H2. The molecule has 2 heterocycles.